The molecule has 3 aromatic rings. The van der Waals surface area contributed by atoms with E-state index in [2.05, 4.69) is 15.5 Å². The van der Waals surface area contributed by atoms with Gasteiger partial charge in [-0.1, -0.05) is 30.3 Å². The zero-order valence-corrected chi connectivity index (χ0v) is 20.6. The number of aromatic nitrogens is 2. The molecule has 2 atom stereocenters. The van der Waals surface area contributed by atoms with E-state index in [1.807, 2.05) is 55.6 Å². The second-order valence-corrected chi connectivity index (χ2v) is 8.54. The first-order valence-corrected chi connectivity index (χ1v) is 11.9. The number of aryl methyl sites for hydroxylation is 1. The molecule has 0 spiro atoms. The smallest absolute Gasteiger partial charge is 0.480 e. The third kappa shape index (κ3) is 6.71. The van der Waals surface area contributed by atoms with E-state index in [1.54, 1.807) is 25.6 Å². The zero-order valence-electron chi connectivity index (χ0n) is 19.8. The first-order valence-electron chi connectivity index (χ1n) is 10.5. The molecular formula is C25H27LiN3O4S+. The van der Waals surface area contributed by atoms with Gasteiger partial charge in [-0.2, -0.15) is 22.0 Å². The molecule has 0 saturated heterocycles. The average Bonchev–Trinajstić information content (AvgIpc) is 2.83. The van der Waals surface area contributed by atoms with Gasteiger partial charge in [-0.3, -0.25) is 4.79 Å². The van der Waals surface area contributed by atoms with Crippen LogP contribution in [0, 0.1) is 6.92 Å². The molecule has 1 amide bonds. The fourth-order valence-corrected chi connectivity index (χ4v) is 4.14. The van der Waals surface area contributed by atoms with Crippen molar-refractivity contribution in [3.8, 4) is 11.1 Å². The molecule has 1 heterocycles. The molecule has 3 rings (SSSR count). The van der Waals surface area contributed by atoms with Gasteiger partial charge in [0.25, 0.3) is 5.91 Å². The molecule has 1 aromatic heterocycles. The molecular weight excluding hydrogens is 445 g/mol. The van der Waals surface area contributed by atoms with Crippen LogP contribution in [0.5, 0.6) is 0 Å². The number of benzene rings is 2. The third-order valence-electron chi connectivity index (χ3n) is 5.39. The monoisotopic (exact) mass is 472 g/mol. The number of carboxylic acids is 1. The van der Waals surface area contributed by atoms with Crippen molar-refractivity contribution in [1.82, 2.24) is 15.5 Å². The van der Waals surface area contributed by atoms with Crippen LogP contribution >= 0.6 is 11.8 Å². The number of carbonyl (C=O) groups excluding carboxylic acids is 1. The van der Waals surface area contributed by atoms with Crippen LogP contribution in [0.3, 0.4) is 0 Å². The summed E-state index contributed by atoms with van der Waals surface area (Å²) in [6, 6.07) is 14.1. The molecule has 2 unspecified atom stereocenters. The van der Waals surface area contributed by atoms with Crippen LogP contribution in [0.1, 0.15) is 39.6 Å². The Balaban J connectivity index is 0.00000408. The number of aliphatic carboxylic acids is 1. The largest absolute Gasteiger partial charge is 1.00 e. The van der Waals surface area contributed by atoms with Crippen LogP contribution in [0.25, 0.3) is 11.1 Å². The molecule has 7 nitrogen and oxygen atoms in total. The summed E-state index contributed by atoms with van der Waals surface area (Å²) in [7, 11) is 1.61. The average molecular weight is 473 g/mol. The van der Waals surface area contributed by atoms with Crippen LogP contribution in [-0.2, 0) is 9.53 Å². The number of hydrogen-bond acceptors (Lipinski definition) is 6. The molecule has 0 aliphatic heterocycles. The Bertz CT molecular complexity index is 1110. The Hall–Kier alpha value is -2.63. The Kier molecular flexibility index (Phi) is 10.8. The first kappa shape index (κ1) is 27.6. The van der Waals surface area contributed by atoms with Crippen LogP contribution < -0.4 is 24.2 Å². The summed E-state index contributed by atoms with van der Waals surface area (Å²) in [4.78, 5) is 24.9. The van der Waals surface area contributed by atoms with Crippen molar-refractivity contribution < 1.29 is 38.3 Å². The molecule has 172 valence electrons. The Morgan fingerprint density at radius 3 is 2.47 bits per heavy atom. The maximum Gasteiger partial charge on any atom is 1.00 e. The summed E-state index contributed by atoms with van der Waals surface area (Å²) in [5.74, 6) is -0.833. The summed E-state index contributed by atoms with van der Waals surface area (Å²) in [5.41, 5.74) is 4.69. The van der Waals surface area contributed by atoms with Gasteiger partial charge in [0.05, 0.1) is 6.20 Å². The second kappa shape index (κ2) is 13.3. The van der Waals surface area contributed by atoms with Crippen LogP contribution in [0.15, 0.2) is 60.9 Å². The summed E-state index contributed by atoms with van der Waals surface area (Å²) in [6.07, 6.45) is 5.10. The van der Waals surface area contributed by atoms with E-state index in [0.717, 1.165) is 22.3 Å². The number of ether oxygens (including phenoxy) is 1. The topological polar surface area (TPSA) is 101 Å². The van der Waals surface area contributed by atoms with E-state index in [9.17, 15) is 14.7 Å². The Morgan fingerprint density at radius 2 is 1.85 bits per heavy atom. The van der Waals surface area contributed by atoms with Crippen LogP contribution in [-0.4, -0.2) is 52.3 Å². The normalized spacial score (nSPS) is 12.3. The minimum absolute atomic E-state index is 0. The molecule has 0 radical (unpaired) electrons. The van der Waals surface area contributed by atoms with Gasteiger partial charge in [-0.15, -0.1) is 0 Å². The number of amides is 1. The minimum atomic E-state index is -1.05. The van der Waals surface area contributed by atoms with Crippen LogP contribution in [0.4, 0.5) is 0 Å². The van der Waals surface area contributed by atoms with E-state index in [-0.39, 0.29) is 18.9 Å². The predicted molar refractivity (Wildman–Crippen MR) is 129 cm³/mol. The van der Waals surface area contributed by atoms with Crippen molar-refractivity contribution in [3.05, 3.63) is 83.2 Å². The number of hydrogen-bond donors (Lipinski definition) is 2. The van der Waals surface area contributed by atoms with Crippen molar-refractivity contribution in [2.45, 2.75) is 25.5 Å². The van der Waals surface area contributed by atoms with Crippen molar-refractivity contribution in [2.75, 3.05) is 19.1 Å². The molecule has 0 aliphatic rings. The zero-order chi connectivity index (χ0) is 23.8. The number of thioether (sulfide) groups is 1. The number of methoxy groups -OCH3 is 1. The van der Waals surface area contributed by atoms with Crippen molar-refractivity contribution in [3.63, 3.8) is 0 Å². The second-order valence-electron chi connectivity index (χ2n) is 7.56. The number of nitrogens with one attached hydrogen (secondary N) is 1. The maximum atomic E-state index is 13.2. The van der Waals surface area contributed by atoms with Gasteiger partial charge in [0, 0.05) is 24.4 Å². The number of carbonyl (C=O) groups is 2. The van der Waals surface area contributed by atoms with E-state index in [0.29, 0.717) is 23.3 Å². The Labute approximate surface area is 215 Å². The van der Waals surface area contributed by atoms with Gasteiger partial charge in [-0.25, -0.2) is 4.79 Å². The van der Waals surface area contributed by atoms with E-state index >= 15 is 0 Å². The van der Waals surface area contributed by atoms with Gasteiger partial charge >= 0.3 is 24.8 Å². The van der Waals surface area contributed by atoms with E-state index in [4.69, 9.17) is 4.74 Å². The van der Waals surface area contributed by atoms with Gasteiger partial charge in [0.15, 0.2) is 0 Å². The summed E-state index contributed by atoms with van der Waals surface area (Å²) >= 11 is 1.54. The van der Waals surface area contributed by atoms with Gasteiger partial charge in [0.1, 0.15) is 12.1 Å². The summed E-state index contributed by atoms with van der Waals surface area (Å²) in [5, 5.41) is 20.0. The van der Waals surface area contributed by atoms with Crippen molar-refractivity contribution in [2.24, 2.45) is 0 Å². The first-order chi connectivity index (χ1) is 16.0. The molecule has 2 N–H and O–H groups in total. The molecule has 34 heavy (non-hydrogen) atoms. The summed E-state index contributed by atoms with van der Waals surface area (Å²) < 4.78 is 5.74. The molecule has 0 bridgehead atoms. The standard InChI is InChI=1S/C25H27N3O4S.Li/c1-16-6-4-5-7-19(16)21-14-17(23(32-2)18-10-12-26-27-15-18)8-9-20(21)24(29)28-22(25(30)31)11-13-33-3;/h4-10,12,14-15,22-23H,11,13H2,1-3H3,(H,28,29)(H,30,31);/q;+1. The number of carboxylic acid groups (broad SMARTS) is 1. The van der Waals surface area contributed by atoms with Crippen LogP contribution in [0.2, 0.25) is 0 Å². The maximum absolute atomic E-state index is 13.2. The fraction of sp³-hybridized carbons (Fsp3) is 0.280. The fourth-order valence-electron chi connectivity index (χ4n) is 3.67. The SMILES string of the molecule is COC(c1ccnnc1)c1ccc(C(=O)NC(CCSC)C(=O)O)c(-c2ccccc2C)c1.[Li+]. The number of rotatable bonds is 10. The predicted octanol–water partition coefficient (Wildman–Crippen LogP) is 1.13. The van der Waals surface area contributed by atoms with Gasteiger partial charge in [-0.05, 0) is 65.8 Å². The molecule has 2 aromatic carbocycles. The van der Waals surface area contributed by atoms with Crippen molar-refractivity contribution in [1.29, 1.82) is 0 Å². The number of nitrogens with zero attached hydrogens (tertiary/aromatic N) is 2. The van der Waals surface area contributed by atoms with Crippen molar-refractivity contribution >= 4 is 23.6 Å². The van der Waals surface area contributed by atoms with Gasteiger partial charge in [0.2, 0.25) is 0 Å². The van der Waals surface area contributed by atoms with E-state index < -0.39 is 24.0 Å². The summed E-state index contributed by atoms with van der Waals surface area (Å²) in [6.45, 7) is 1.98. The van der Waals surface area contributed by atoms with E-state index in [1.165, 1.54) is 11.8 Å². The third-order valence-corrected chi connectivity index (χ3v) is 6.03. The molecule has 0 fully saturated rings. The minimum Gasteiger partial charge on any atom is -0.480 e. The Morgan fingerprint density at radius 1 is 1.09 bits per heavy atom. The quantitative estimate of drug-likeness (QED) is 0.427. The van der Waals surface area contributed by atoms with Gasteiger partial charge < -0.3 is 15.2 Å². The molecule has 0 aliphatic carbocycles. The molecule has 9 heteroatoms. The molecule has 0 saturated carbocycles.